The Morgan fingerprint density at radius 2 is 2.33 bits per heavy atom. The highest BCUT2D eigenvalue weighted by Gasteiger charge is 2.16. The molecule has 0 amide bonds. The Morgan fingerprint density at radius 1 is 1.50 bits per heavy atom. The predicted octanol–water partition coefficient (Wildman–Crippen LogP) is 1.21. The van der Waals surface area contributed by atoms with Crippen LogP contribution in [-0.4, -0.2) is 11.2 Å². The van der Waals surface area contributed by atoms with E-state index in [9.17, 15) is 0 Å². The van der Waals surface area contributed by atoms with Gasteiger partial charge < -0.3 is 0 Å². The zero-order valence-electron chi connectivity index (χ0n) is 7.36. The van der Waals surface area contributed by atoms with Crippen LogP contribution in [0.1, 0.15) is 25.3 Å². The minimum atomic E-state index is 0.538. The molecule has 0 aliphatic carbocycles. The largest absolute Gasteiger partial charge is 0.432 e. The van der Waals surface area contributed by atoms with E-state index in [1.54, 1.807) is 0 Å². The summed E-state index contributed by atoms with van der Waals surface area (Å²) in [7, 11) is 0. The van der Waals surface area contributed by atoms with Gasteiger partial charge in [-0.15, -0.1) is 0 Å². The Hall–Kier alpha value is -1.25. The standard InChI is InChI=1S/C9H12N3/c1-7(2)8-5-11-9-10-3-4-12(9)6-8/h3,5-7H,4H2,1-2H3/q+1. The lowest BCUT2D eigenvalue weighted by molar-refractivity contribution is -0.666. The smallest absolute Gasteiger partial charge is 0.226 e. The van der Waals surface area contributed by atoms with Crippen molar-refractivity contribution in [2.45, 2.75) is 26.3 Å². The molecule has 0 N–H and O–H groups in total. The molecule has 0 spiro atoms. The molecule has 0 saturated heterocycles. The number of rotatable bonds is 1. The zero-order valence-corrected chi connectivity index (χ0v) is 7.36. The summed E-state index contributed by atoms with van der Waals surface area (Å²) in [4.78, 5) is 8.37. The zero-order chi connectivity index (χ0) is 8.55. The van der Waals surface area contributed by atoms with E-state index in [-0.39, 0.29) is 0 Å². The van der Waals surface area contributed by atoms with Crippen LogP contribution in [-0.2, 0) is 6.54 Å². The summed E-state index contributed by atoms with van der Waals surface area (Å²) in [6.07, 6.45) is 5.91. The normalized spacial score (nSPS) is 13.9. The Bertz CT molecular complexity index is 329. The highest BCUT2D eigenvalue weighted by Crippen LogP contribution is 2.13. The average molecular weight is 162 g/mol. The van der Waals surface area contributed by atoms with Crippen molar-refractivity contribution in [2.24, 2.45) is 4.99 Å². The summed E-state index contributed by atoms with van der Waals surface area (Å²) in [6.45, 7) is 5.20. The maximum atomic E-state index is 4.25. The fraction of sp³-hybridized carbons (Fsp3) is 0.444. The number of nitrogens with zero attached hydrogens (tertiary/aromatic N) is 3. The Morgan fingerprint density at radius 3 is 3.08 bits per heavy atom. The third-order valence-corrected chi connectivity index (χ3v) is 2.04. The van der Waals surface area contributed by atoms with E-state index in [1.807, 2.05) is 12.4 Å². The van der Waals surface area contributed by atoms with Crippen LogP contribution < -0.4 is 4.57 Å². The fourth-order valence-corrected chi connectivity index (χ4v) is 1.23. The summed E-state index contributed by atoms with van der Waals surface area (Å²) in [5.41, 5.74) is 1.27. The molecule has 0 unspecified atom stereocenters. The maximum absolute atomic E-state index is 4.25. The van der Waals surface area contributed by atoms with Gasteiger partial charge in [0, 0.05) is 5.56 Å². The van der Waals surface area contributed by atoms with Gasteiger partial charge in [0.15, 0.2) is 0 Å². The van der Waals surface area contributed by atoms with E-state index in [0.29, 0.717) is 5.92 Å². The summed E-state index contributed by atoms with van der Waals surface area (Å²) in [5.74, 6) is 1.36. The minimum Gasteiger partial charge on any atom is -0.226 e. The number of aliphatic imine (C=N–C) groups is 1. The lowest BCUT2D eigenvalue weighted by Gasteiger charge is -2.02. The Labute approximate surface area is 71.8 Å². The topological polar surface area (TPSA) is 29.1 Å². The Kier molecular flexibility index (Phi) is 1.64. The summed E-state index contributed by atoms with van der Waals surface area (Å²) >= 11 is 0. The van der Waals surface area contributed by atoms with Crippen LogP contribution in [0.3, 0.4) is 0 Å². The fourth-order valence-electron chi connectivity index (χ4n) is 1.23. The first kappa shape index (κ1) is 7.40. The van der Waals surface area contributed by atoms with Crippen molar-refractivity contribution in [2.75, 3.05) is 0 Å². The van der Waals surface area contributed by atoms with Gasteiger partial charge in [0.2, 0.25) is 0 Å². The number of hydrogen-bond donors (Lipinski definition) is 0. The van der Waals surface area contributed by atoms with Crippen molar-refractivity contribution >= 4 is 12.2 Å². The predicted molar refractivity (Wildman–Crippen MR) is 46.7 cm³/mol. The monoisotopic (exact) mass is 162 g/mol. The number of hydrogen-bond acceptors (Lipinski definition) is 2. The van der Waals surface area contributed by atoms with Crippen LogP contribution in [0.25, 0.3) is 0 Å². The highest BCUT2D eigenvalue weighted by atomic mass is 15.2. The van der Waals surface area contributed by atoms with Crippen molar-refractivity contribution in [3.05, 3.63) is 18.0 Å². The molecule has 1 aliphatic rings. The summed E-state index contributed by atoms with van der Waals surface area (Å²) < 4.78 is 2.06. The third-order valence-electron chi connectivity index (χ3n) is 2.04. The molecule has 3 heteroatoms. The average Bonchev–Trinajstić information content (AvgIpc) is 2.49. The molecule has 1 aromatic rings. The molecule has 2 rings (SSSR count). The number of aromatic nitrogens is 2. The van der Waals surface area contributed by atoms with Crippen LogP contribution in [0.5, 0.6) is 0 Å². The lowest BCUT2D eigenvalue weighted by Crippen LogP contribution is -2.32. The van der Waals surface area contributed by atoms with E-state index in [1.165, 1.54) is 5.56 Å². The molecule has 0 atom stereocenters. The first-order valence-corrected chi connectivity index (χ1v) is 4.19. The van der Waals surface area contributed by atoms with Gasteiger partial charge in [-0.05, 0) is 5.92 Å². The molecule has 2 heterocycles. The quantitative estimate of drug-likeness (QED) is 0.571. The molecule has 3 nitrogen and oxygen atoms in total. The molecule has 12 heavy (non-hydrogen) atoms. The van der Waals surface area contributed by atoms with E-state index < -0.39 is 0 Å². The van der Waals surface area contributed by atoms with Crippen molar-refractivity contribution in [3.63, 3.8) is 0 Å². The SMILES string of the molecule is CC(C)c1cnc2[n+](c1)CC=N2. The third kappa shape index (κ3) is 1.11. The van der Waals surface area contributed by atoms with Gasteiger partial charge in [-0.25, -0.2) is 4.57 Å². The van der Waals surface area contributed by atoms with Crippen LogP contribution in [0.15, 0.2) is 17.4 Å². The molecule has 62 valence electrons. The van der Waals surface area contributed by atoms with Crippen molar-refractivity contribution < 1.29 is 4.57 Å². The van der Waals surface area contributed by atoms with Crippen molar-refractivity contribution in [3.8, 4) is 0 Å². The van der Waals surface area contributed by atoms with E-state index in [0.717, 1.165) is 12.5 Å². The molecule has 1 aliphatic heterocycles. The maximum Gasteiger partial charge on any atom is 0.432 e. The van der Waals surface area contributed by atoms with E-state index >= 15 is 0 Å². The van der Waals surface area contributed by atoms with Gasteiger partial charge >= 0.3 is 5.95 Å². The molecule has 0 fully saturated rings. The molecule has 0 aromatic carbocycles. The minimum absolute atomic E-state index is 0.538. The highest BCUT2D eigenvalue weighted by molar-refractivity contribution is 5.60. The Balaban J connectivity index is 2.42. The van der Waals surface area contributed by atoms with Crippen LogP contribution in [0, 0.1) is 0 Å². The lowest BCUT2D eigenvalue weighted by atomic mass is 10.1. The van der Waals surface area contributed by atoms with Gasteiger partial charge in [-0.2, -0.15) is 0 Å². The molecule has 0 bridgehead atoms. The van der Waals surface area contributed by atoms with Gasteiger partial charge in [0.1, 0.15) is 19.0 Å². The molecule has 1 aromatic heterocycles. The van der Waals surface area contributed by atoms with Gasteiger partial charge in [0.05, 0.1) is 6.20 Å². The second-order valence-electron chi connectivity index (χ2n) is 3.31. The molecule has 0 radical (unpaired) electrons. The van der Waals surface area contributed by atoms with Gasteiger partial charge in [0.25, 0.3) is 0 Å². The molecular formula is C9H12N3+. The van der Waals surface area contributed by atoms with Crippen molar-refractivity contribution in [1.29, 1.82) is 0 Å². The van der Waals surface area contributed by atoms with E-state index in [2.05, 4.69) is 34.6 Å². The van der Waals surface area contributed by atoms with Crippen LogP contribution >= 0.6 is 0 Å². The number of fused-ring (bicyclic) bond motifs is 1. The van der Waals surface area contributed by atoms with Gasteiger partial charge in [-0.1, -0.05) is 23.8 Å². The van der Waals surface area contributed by atoms with E-state index in [4.69, 9.17) is 0 Å². The van der Waals surface area contributed by atoms with Gasteiger partial charge in [-0.3, -0.25) is 0 Å². The first-order valence-electron chi connectivity index (χ1n) is 4.19. The summed E-state index contributed by atoms with van der Waals surface area (Å²) in [5, 5.41) is 0. The second kappa shape index (κ2) is 2.66. The molecule has 0 saturated carbocycles. The second-order valence-corrected chi connectivity index (χ2v) is 3.31. The van der Waals surface area contributed by atoms with Crippen LogP contribution in [0.2, 0.25) is 0 Å². The molecular weight excluding hydrogens is 150 g/mol. The summed E-state index contributed by atoms with van der Waals surface area (Å²) in [6, 6.07) is 0. The van der Waals surface area contributed by atoms with Crippen LogP contribution in [0.4, 0.5) is 5.95 Å². The first-order chi connectivity index (χ1) is 5.77. The van der Waals surface area contributed by atoms with Crippen molar-refractivity contribution in [1.82, 2.24) is 4.98 Å².